The average molecular weight is 398 g/mol. The van der Waals surface area contributed by atoms with Gasteiger partial charge in [0, 0.05) is 23.9 Å². The largest absolute Gasteiger partial charge is 0.341 e. The number of thiophene rings is 1. The lowest BCUT2D eigenvalue weighted by Crippen LogP contribution is -2.27. The molecule has 2 aromatic heterocycles. The molecule has 0 radical (unpaired) electrons. The molecule has 4 nitrogen and oxygen atoms in total. The van der Waals surface area contributed by atoms with Crippen LogP contribution >= 0.6 is 23.1 Å². The first-order valence-electron chi connectivity index (χ1n) is 9.29. The summed E-state index contributed by atoms with van der Waals surface area (Å²) >= 11 is 3.34. The number of aryl methyl sites for hydroxylation is 3. The highest BCUT2D eigenvalue weighted by molar-refractivity contribution is 8.00. The first-order valence-corrected chi connectivity index (χ1v) is 11.1. The van der Waals surface area contributed by atoms with E-state index in [1.165, 1.54) is 34.2 Å². The lowest BCUT2D eigenvalue weighted by Gasteiger charge is -2.17. The molecule has 1 aliphatic carbocycles. The zero-order valence-electron chi connectivity index (χ0n) is 15.7. The average Bonchev–Trinajstić information content (AvgIpc) is 3.07. The van der Waals surface area contributed by atoms with E-state index in [4.69, 9.17) is 0 Å². The van der Waals surface area contributed by atoms with Crippen LogP contribution in [0.4, 0.5) is 0 Å². The molecule has 0 unspecified atom stereocenters. The smallest absolute Gasteiger partial charge is 0.233 e. The standard InChI is InChI=1S/C21H23N3OS2/c1-14-7-9-15(10-8-14)11-24(2)18(25)12-26-20-19-16-5-3-4-6-17(16)27-21(19)23-13-22-20/h7-10,13H,3-6,11-12H2,1-2H3. The van der Waals surface area contributed by atoms with Crippen LogP contribution in [0.5, 0.6) is 0 Å². The normalized spacial score (nSPS) is 13.6. The maximum Gasteiger partial charge on any atom is 0.233 e. The zero-order valence-corrected chi connectivity index (χ0v) is 17.3. The van der Waals surface area contributed by atoms with Crippen LogP contribution in [0.25, 0.3) is 10.2 Å². The lowest BCUT2D eigenvalue weighted by molar-refractivity contribution is -0.127. The number of fused-ring (bicyclic) bond motifs is 3. The number of thioether (sulfide) groups is 1. The predicted octanol–water partition coefficient (Wildman–Crippen LogP) is 4.63. The summed E-state index contributed by atoms with van der Waals surface area (Å²) in [6.07, 6.45) is 6.39. The molecule has 6 heteroatoms. The van der Waals surface area contributed by atoms with Gasteiger partial charge < -0.3 is 4.90 Å². The van der Waals surface area contributed by atoms with Gasteiger partial charge in [-0.25, -0.2) is 9.97 Å². The molecule has 27 heavy (non-hydrogen) atoms. The van der Waals surface area contributed by atoms with Crippen molar-refractivity contribution in [3.05, 3.63) is 52.2 Å². The number of nitrogens with zero attached hydrogens (tertiary/aromatic N) is 3. The van der Waals surface area contributed by atoms with Gasteiger partial charge in [-0.05, 0) is 43.7 Å². The molecule has 2 heterocycles. The Morgan fingerprint density at radius 3 is 2.78 bits per heavy atom. The van der Waals surface area contributed by atoms with E-state index in [0.717, 1.165) is 28.3 Å². The van der Waals surface area contributed by atoms with E-state index in [2.05, 4.69) is 41.2 Å². The van der Waals surface area contributed by atoms with E-state index < -0.39 is 0 Å². The monoisotopic (exact) mass is 397 g/mol. The second-order valence-electron chi connectivity index (χ2n) is 7.09. The topological polar surface area (TPSA) is 46.1 Å². The van der Waals surface area contributed by atoms with Crippen LogP contribution in [0.3, 0.4) is 0 Å². The molecule has 0 spiro atoms. The van der Waals surface area contributed by atoms with Gasteiger partial charge in [-0.2, -0.15) is 0 Å². The minimum absolute atomic E-state index is 0.122. The van der Waals surface area contributed by atoms with Crippen molar-refractivity contribution in [2.24, 2.45) is 0 Å². The molecule has 0 N–H and O–H groups in total. The third kappa shape index (κ3) is 4.01. The third-order valence-electron chi connectivity index (χ3n) is 5.02. The molecule has 3 aromatic rings. The molecule has 0 saturated heterocycles. The Bertz CT molecular complexity index is 965. The quantitative estimate of drug-likeness (QED) is 0.465. The van der Waals surface area contributed by atoms with Crippen molar-refractivity contribution in [1.82, 2.24) is 14.9 Å². The lowest BCUT2D eigenvalue weighted by atomic mass is 9.97. The number of carbonyl (C=O) groups is 1. The first kappa shape index (κ1) is 18.4. The molecule has 1 aromatic carbocycles. The molecule has 1 amide bonds. The van der Waals surface area contributed by atoms with Crippen LogP contribution in [-0.4, -0.2) is 33.6 Å². The number of amides is 1. The maximum absolute atomic E-state index is 12.6. The van der Waals surface area contributed by atoms with Gasteiger partial charge in [-0.3, -0.25) is 4.79 Å². The van der Waals surface area contributed by atoms with Crippen molar-refractivity contribution in [1.29, 1.82) is 0 Å². The summed E-state index contributed by atoms with van der Waals surface area (Å²) in [5, 5.41) is 2.15. The number of rotatable bonds is 5. The Balaban J connectivity index is 1.46. The fourth-order valence-electron chi connectivity index (χ4n) is 3.47. The van der Waals surface area contributed by atoms with Crippen LogP contribution in [0.2, 0.25) is 0 Å². The van der Waals surface area contributed by atoms with Gasteiger partial charge in [0.25, 0.3) is 0 Å². The number of hydrogen-bond donors (Lipinski definition) is 0. The first-order chi connectivity index (χ1) is 13.1. The Labute approximate surface area is 168 Å². The van der Waals surface area contributed by atoms with Crippen LogP contribution in [-0.2, 0) is 24.2 Å². The van der Waals surface area contributed by atoms with Crippen LogP contribution in [0, 0.1) is 6.92 Å². The molecule has 0 bridgehead atoms. The molecular formula is C21H23N3OS2. The van der Waals surface area contributed by atoms with Gasteiger partial charge in [0.1, 0.15) is 16.2 Å². The molecule has 1 aliphatic rings. The van der Waals surface area contributed by atoms with Crippen molar-refractivity contribution in [3.8, 4) is 0 Å². The van der Waals surface area contributed by atoms with Crippen LogP contribution in [0.15, 0.2) is 35.6 Å². The highest BCUT2D eigenvalue weighted by Gasteiger charge is 2.21. The number of benzene rings is 1. The zero-order chi connectivity index (χ0) is 18.8. The van der Waals surface area contributed by atoms with Crippen molar-refractivity contribution < 1.29 is 4.79 Å². The summed E-state index contributed by atoms with van der Waals surface area (Å²) in [6.45, 7) is 2.70. The van der Waals surface area contributed by atoms with Gasteiger partial charge in [-0.15, -0.1) is 11.3 Å². The second kappa shape index (κ2) is 7.98. The van der Waals surface area contributed by atoms with Crippen LogP contribution in [0.1, 0.15) is 34.4 Å². The predicted molar refractivity (Wildman–Crippen MR) is 112 cm³/mol. The molecule has 4 rings (SSSR count). The van der Waals surface area contributed by atoms with Crippen molar-refractivity contribution in [2.45, 2.75) is 44.2 Å². The fourth-order valence-corrected chi connectivity index (χ4v) is 5.73. The Morgan fingerprint density at radius 2 is 1.96 bits per heavy atom. The molecular weight excluding hydrogens is 374 g/mol. The molecule has 0 aliphatic heterocycles. The highest BCUT2D eigenvalue weighted by Crippen LogP contribution is 2.39. The van der Waals surface area contributed by atoms with Gasteiger partial charge in [-0.1, -0.05) is 41.6 Å². The maximum atomic E-state index is 12.6. The summed E-state index contributed by atoms with van der Waals surface area (Å²) in [5.74, 6) is 0.524. The molecule has 0 saturated carbocycles. The van der Waals surface area contributed by atoms with E-state index in [-0.39, 0.29) is 5.91 Å². The Morgan fingerprint density at radius 1 is 1.19 bits per heavy atom. The van der Waals surface area contributed by atoms with Gasteiger partial charge in [0.05, 0.1) is 5.75 Å². The van der Waals surface area contributed by atoms with Crippen molar-refractivity contribution in [3.63, 3.8) is 0 Å². The highest BCUT2D eigenvalue weighted by atomic mass is 32.2. The molecule has 0 fully saturated rings. The number of carbonyl (C=O) groups excluding carboxylic acids is 1. The van der Waals surface area contributed by atoms with E-state index >= 15 is 0 Å². The van der Waals surface area contributed by atoms with Crippen molar-refractivity contribution in [2.75, 3.05) is 12.8 Å². The Kier molecular flexibility index (Phi) is 5.45. The van der Waals surface area contributed by atoms with Crippen LogP contribution < -0.4 is 0 Å². The summed E-state index contributed by atoms with van der Waals surface area (Å²) in [7, 11) is 1.87. The van der Waals surface area contributed by atoms with Gasteiger partial charge in [0.15, 0.2) is 0 Å². The van der Waals surface area contributed by atoms with E-state index in [9.17, 15) is 4.79 Å². The summed E-state index contributed by atoms with van der Waals surface area (Å²) < 4.78 is 0. The number of hydrogen-bond acceptors (Lipinski definition) is 5. The van der Waals surface area contributed by atoms with Gasteiger partial charge in [0.2, 0.25) is 5.91 Å². The SMILES string of the molecule is Cc1ccc(CN(C)C(=O)CSc2ncnc3sc4c(c23)CCCC4)cc1. The van der Waals surface area contributed by atoms with E-state index in [1.54, 1.807) is 34.3 Å². The minimum atomic E-state index is 0.122. The fraction of sp³-hybridized carbons (Fsp3) is 0.381. The molecule has 140 valence electrons. The van der Waals surface area contributed by atoms with Gasteiger partial charge >= 0.3 is 0 Å². The molecule has 0 atom stereocenters. The second-order valence-corrected chi connectivity index (χ2v) is 9.14. The summed E-state index contributed by atoms with van der Waals surface area (Å²) in [6, 6.07) is 8.33. The minimum Gasteiger partial charge on any atom is -0.341 e. The van der Waals surface area contributed by atoms with E-state index in [0.29, 0.717) is 12.3 Å². The number of aromatic nitrogens is 2. The summed E-state index contributed by atoms with van der Waals surface area (Å²) in [5.41, 5.74) is 3.80. The third-order valence-corrected chi connectivity index (χ3v) is 7.19. The van der Waals surface area contributed by atoms with Crippen molar-refractivity contribution >= 4 is 39.2 Å². The Hall–Kier alpha value is -1.92. The van der Waals surface area contributed by atoms with E-state index in [1.807, 2.05) is 7.05 Å². The summed E-state index contributed by atoms with van der Waals surface area (Å²) in [4.78, 5) is 25.9.